The second-order valence-electron chi connectivity index (χ2n) is 7.86. The number of halogens is 2. The van der Waals surface area contributed by atoms with Crippen molar-refractivity contribution in [3.8, 4) is 0 Å². The highest BCUT2D eigenvalue weighted by Crippen LogP contribution is 2.37. The first kappa shape index (κ1) is 22.7. The Morgan fingerprint density at radius 2 is 1.91 bits per heavy atom. The van der Waals surface area contributed by atoms with E-state index in [-0.39, 0.29) is 17.5 Å². The number of amides is 1. The highest BCUT2D eigenvalue weighted by Gasteiger charge is 2.34. The number of allylic oxidation sites excluding steroid dienone is 1. The Morgan fingerprint density at radius 3 is 2.66 bits per heavy atom. The molecule has 1 aliphatic heterocycles. The summed E-state index contributed by atoms with van der Waals surface area (Å²) in [6.45, 7) is 1.78. The molecule has 5 rings (SSSR count). The molecule has 3 heterocycles. The molecule has 0 bridgehead atoms. The summed E-state index contributed by atoms with van der Waals surface area (Å²) in [4.78, 5) is 22.0. The Balaban J connectivity index is 1.49. The predicted molar refractivity (Wildman–Crippen MR) is 130 cm³/mol. The molecule has 1 amide bonds. The minimum Gasteiger partial charge on any atom is -0.328 e. The first-order valence-corrected chi connectivity index (χ1v) is 11.8. The topological polar surface area (TPSA) is 84.7 Å². The van der Waals surface area contributed by atoms with Crippen molar-refractivity contribution in [2.45, 2.75) is 23.9 Å². The van der Waals surface area contributed by atoms with E-state index in [9.17, 15) is 13.6 Å². The van der Waals surface area contributed by atoms with E-state index in [1.165, 1.54) is 30.0 Å². The Hall–Kier alpha value is -4.05. The molecule has 0 fully saturated rings. The molecule has 4 aromatic rings. The lowest BCUT2D eigenvalue weighted by atomic mass is 9.95. The van der Waals surface area contributed by atoms with Gasteiger partial charge in [-0.2, -0.15) is 4.98 Å². The highest BCUT2D eigenvalue weighted by molar-refractivity contribution is 7.98. The number of pyridine rings is 1. The maximum atomic E-state index is 14.0. The molecule has 35 heavy (non-hydrogen) atoms. The first-order chi connectivity index (χ1) is 17.0. The minimum atomic E-state index is -0.654. The van der Waals surface area contributed by atoms with Gasteiger partial charge < -0.3 is 10.6 Å². The van der Waals surface area contributed by atoms with Crippen LogP contribution in [0.25, 0.3) is 0 Å². The standard InChI is InChI=1S/C25H20F2N6OS/c1-15-21(23(34)30-19-6-4-12-28-13-19)22(16-8-10-18(26)11-9-16)33-24(29-15)31-25(32-33)35-14-17-5-2-3-7-20(17)27/h2-13,22H,14H2,1H3,(H,30,34)(H,29,31,32)/t22-/m0/s1. The maximum Gasteiger partial charge on any atom is 0.255 e. The van der Waals surface area contributed by atoms with E-state index in [1.54, 1.807) is 66.5 Å². The molecule has 0 radical (unpaired) electrons. The van der Waals surface area contributed by atoms with Gasteiger partial charge in [-0.3, -0.25) is 9.78 Å². The van der Waals surface area contributed by atoms with E-state index in [4.69, 9.17) is 0 Å². The third kappa shape index (κ3) is 4.78. The number of carbonyl (C=O) groups is 1. The van der Waals surface area contributed by atoms with Crippen LogP contribution in [0.5, 0.6) is 0 Å². The summed E-state index contributed by atoms with van der Waals surface area (Å²) in [7, 11) is 0. The van der Waals surface area contributed by atoms with Crippen LogP contribution in [0.4, 0.5) is 20.4 Å². The second-order valence-corrected chi connectivity index (χ2v) is 8.80. The molecule has 7 nitrogen and oxygen atoms in total. The normalized spacial score (nSPS) is 14.9. The van der Waals surface area contributed by atoms with Crippen LogP contribution in [-0.4, -0.2) is 25.7 Å². The molecule has 2 aromatic heterocycles. The van der Waals surface area contributed by atoms with Crippen molar-refractivity contribution in [2.75, 3.05) is 10.6 Å². The van der Waals surface area contributed by atoms with Crippen molar-refractivity contribution in [1.29, 1.82) is 0 Å². The van der Waals surface area contributed by atoms with Gasteiger partial charge in [0.2, 0.25) is 11.1 Å². The number of fused-ring (bicyclic) bond motifs is 1. The first-order valence-electron chi connectivity index (χ1n) is 10.8. The number of nitrogens with one attached hydrogen (secondary N) is 2. The smallest absolute Gasteiger partial charge is 0.255 e. The van der Waals surface area contributed by atoms with Crippen LogP contribution in [0.15, 0.2) is 89.5 Å². The summed E-state index contributed by atoms with van der Waals surface area (Å²) in [6.07, 6.45) is 3.17. The fraction of sp³-hybridized carbons (Fsp3) is 0.120. The van der Waals surface area contributed by atoms with Gasteiger partial charge in [-0.1, -0.05) is 42.1 Å². The van der Waals surface area contributed by atoms with Gasteiger partial charge in [0.05, 0.1) is 17.5 Å². The van der Waals surface area contributed by atoms with Crippen LogP contribution in [0.3, 0.4) is 0 Å². The zero-order valence-corrected chi connectivity index (χ0v) is 19.4. The molecule has 0 spiro atoms. The Bertz CT molecular complexity index is 1410. The SMILES string of the molecule is CC1=C(C(=O)Nc2cccnc2)[C@H](c2ccc(F)cc2)n2nc(SCc3ccccc3F)nc2N1. The number of thioether (sulfide) groups is 1. The maximum absolute atomic E-state index is 14.0. The summed E-state index contributed by atoms with van der Waals surface area (Å²) in [6, 6.07) is 15.3. The fourth-order valence-corrected chi connectivity index (χ4v) is 4.65. The fourth-order valence-electron chi connectivity index (χ4n) is 3.83. The van der Waals surface area contributed by atoms with Gasteiger partial charge >= 0.3 is 0 Å². The minimum absolute atomic E-state index is 0.293. The molecule has 10 heteroatoms. The molecular formula is C25H20F2N6OS. The molecule has 2 N–H and O–H groups in total. The Morgan fingerprint density at radius 1 is 1.11 bits per heavy atom. The van der Waals surface area contributed by atoms with E-state index in [0.29, 0.717) is 44.9 Å². The third-order valence-electron chi connectivity index (χ3n) is 5.50. The van der Waals surface area contributed by atoms with Crippen molar-refractivity contribution in [3.05, 3.63) is 107 Å². The second kappa shape index (κ2) is 9.67. The molecule has 1 aliphatic rings. The number of hydrogen-bond donors (Lipinski definition) is 2. The van der Waals surface area contributed by atoms with Crippen molar-refractivity contribution in [2.24, 2.45) is 0 Å². The van der Waals surface area contributed by atoms with Gasteiger partial charge in [0.25, 0.3) is 5.91 Å². The van der Waals surface area contributed by atoms with Gasteiger partial charge in [-0.25, -0.2) is 13.5 Å². The molecule has 0 saturated carbocycles. The summed E-state index contributed by atoms with van der Waals surface area (Å²) < 4.78 is 29.3. The van der Waals surface area contributed by atoms with Crippen LogP contribution >= 0.6 is 11.8 Å². The number of nitrogens with zero attached hydrogens (tertiary/aromatic N) is 4. The number of hydrogen-bond acceptors (Lipinski definition) is 6. The zero-order valence-electron chi connectivity index (χ0n) is 18.6. The van der Waals surface area contributed by atoms with Crippen molar-refractivity contribution in [1.82, 2.24) is 19.7 Å². The van der Waals surface area contributed by atoms with Gasteiger partial charge in [0, 0.05) is 17.6 Å². The molecule has 0 aliphatic carbocycles. The van der Waals surface area contributed by atoms with Gasteiger partial charge in [-0.15, -0.1) is 5.10 Å². The number of benzene rings is 2. The van der Waals surface area contributed by atoms with E-state index in [1.807, 2.05) is 0 Å². The van der Waals surface area contributed by atoms with Crippen LogP contribution in [0, 0.1) is 11.6 Å². The van der Waals surface area contributed by atoms with E-state index < -0.39 is 6.04 Å². The number of rotatable bonds is 6. The van der Waals surface area contributed by atoms with Crippen molar-refractivity contribution in [3.63, 3.8) is 0 Å². The lowest BCUT2D eigenvalue weighted by molar-refractivity contribution is -0.113. The predicted octanol–water partition coefficient (Wildman–Crippen LogP) is 5.17. The van der Waals surface area contributed by atoms with Gasteiger partial charge in [0.15, 0.2) is 0 Å². The third-order valence-corrected chi connectivity index (χ3v) is 6.38. The van der Waals surface area contributed by atoms with Crippen LogP contribution in [-0.2, 0) is 10.5 Å². The van der Waals surface area contributed by atoms with Crippen LogP contribution < -0.4 is 10.6 Å². The number of anilines is 2. The molecule has 0 saturated heterocycles. The number of carbonyl (C=O) groups excluding carboxylic acids is 1. The zero-order chi connectivity index (χ0) is 24.4. The molecule has 176 valence electrons. The summed E-state index contributed by atoms with van der Waals surface area (Å²) in [5.74, 6) is -0.245. The van der Waals surface area contributed by atoms with Crippen LogP contribution in [0.1, 0.15) is 24.1 Å². The van der Waals surface area contributed by atoms with Crippen LogP contribution in [0.2, 0.25) is 0 Å². The lowest BCUT2D eigenvalue weighted by Crippen LogP contribution is -2.31. The van der Waals surface area contributed by atoms with E-state index in [0.717, 1.165) is 0 Å². The van der Waals surface area contributed by atoms with Gasteiger partial charge in [-0.05, 0) is 48.4 Å². The van der Waals surface area contributed by atoms with Gasteiger partial charge in [0.1, 0.15) is 17.7 Å². The quantitative estimate of drug-likeness (QED) is 0.363. The van der Waals surface area contributed by atoms with Crippen molar-refractivity contribution < 1.29 is 13.6 Å². The molecular weight excluding hydrogens is 470 g/mol. The summed E-state index contributed by atoms with van der Waals surface area (Å²) in [5, 5.41) is 11.0. The Labute approximate surface area is 204 Å². The Kier molecular flexibility index (Phi) is 6.28. The van der Waals surface area contributed by atoms with Crippen molar-refractivity contribution >= 4 is 29.3 Å². The average molecular weight is 491 g/mol. The highest BCUT2D eigenvalue weighted by atomic mass is 32.2. The molecule has 2 aromatic carbocycles. The van der Waals surface area contributed by atoms with E-state index >= 15 is 0 Å². The monoisotopic (exact) mass is 490 g/mol. The molecule has 0 unspecified atom stereocenters. The molecule has 1 atom stereocenters. The van der Waals surface area contributed by atoms with E-state index in [2.05, 4.69) is 25.7 Å². The summed E-state index contributed by atoms with van der Waals surface area (Å²) >= 11 is 1.28. The average Bonchev–Trinajstić information content (AvgIpc) is 3.26. The lowest BCUT2D eigenvalue weighted by Gasteiger charge is -2.28. The largest absolute Gasteiger partial charge is 0.328 e. The summed E-state index contributed by atoms with van der Waals surface area (Å²) in [5.41, 5.74) is 2.75. The number of aromatic nitrogens is 4.